The van der Waals surface area contributed by atoms with E-state index in [0.717, 1.165) is 13.0 Å². The Morgan fingerprint density at radius 3 is 2.75 bits per heavy atom. The number of nitrogens with one attached hydrogen (secondary N) is 1. The van der Waals surface area contributed by atoms with Crippen LogP contribution in [0.15, 0.2) is 42.9 Å². The first-order valence-electron chi connectivity index (χ1n) is 5.09. The van der Waals surface area contributed by atoms with Crippen LogP contribution in [0, 0.1) is 0 Å². The summed E-state index contributed by atoms with van der Waals surface area (Å²) in [5, 5.41) is 3.73. The zero-order chi connectivity index (χ0) is 11.2. The van der Waals surface area contributed by atoms with Gasteiger partial charge in [0, 0.05) is 6.54 Å². The number of nitrogens with zero attached hydrogens (tertiary/aromatic N) is 2. The van der Waals surface area contributed by atoms with Crippen molar-refractivity contribution in [3.05, 3.63) is 53.4 Å². The van der Waals surface area contributed by atoms with Crippen LogP contribution in [-0.4, -0.2) is 16.5 Å². The van der Waals surface area contributed by atoms with E-state index >= 15 is 0 Å². The molecule has 0 atom stereocenters. The van der Waals surface area contributed by atoms with Crippen molar-refractivity contribution in [1.29, 1.82) is 0 Å². The molecule has 1 N–H and O–H groups in total. The monoisotopic (exact) mass is 233 g/mol. The van der Waals surface area contributed by atoms with Crippen molar-refractivity contribution in [2.75, 3.05) is 11.9 Å². The SMILES string of the molecule is Clc1cncnc1NCCc1ccccc1. The largest absolute Gasteiger partial charge is 0.368 e. The second-order valence-electron chi connectivity index (χ2n) is 3.38. The van der Waals surface area contributed by atoms with Crippen molar-refractivity contribution in [3.8, 4) is 0 Å². The Kier molecular flexibility index (Phi) is 3.72. The fraction of sp³-hybridized carbons (Fsp3) is 0.167. The summed E-state index contributed by atoms with van der Waals surface area (Å²) in [6, 6.07) is 10.3. The van der Waals surface area contributed by atoms with E-state index in [4.69, 9.17) is 11.6 Å². The van der Waals surface area contributed by atoms with E-state index in [9.17, 15) is 0 Å². The van der Waals surface area contributed by atoms with Crippen molar-refractivity contribution in [2.24, 2.45) is 0 Å². The predicted octanol–water partition coefficient (Wildman–Crippen LogP) is 2.78. The molecule has 1 heterocycles. The van der Waals surface area contributed by atoms with Crippen LogP contribution < -0.4 is 5.32 Å². The number of hydrogen-bond donors (Lipinski definition) is 1. The van der Waals surface area contributed by atoms with Crippen LogP contribution in [0.5, 0.6) is 0 Å². The Balaban J connectivity index is 1.87. The molecule has 1 aromatic carbocycles. The molecule has 0 saturated heterocycles. The fourth-order valence-electron chi connectivity index (χ4n) is 1.41. The summed E-state index contributed by atoms with van der Waals surface area (Å²) in [5.41, 5.74) is 1.29. The van der Waals surface area contributed by atoms with Gasteiger partial charge in [0.05, 0.1) is 6.20 Å². The van der Waals surface area contributed by atoms with E-state index in [1.165, 1.54) is 11.9 Å². The average molecular weight is 234 g/mol. The standard InChI is InChI=1S/C12H12ClN3/c13-11-8-14-9-16-12(11)15-7-6-10-4-2-1-3-5-10/h1-5,8-9H,6-7H2,(H,14,15,16). The molecule has 0 amide bonds. The van der Waals surface area contributed by atoms with Gasteiger partial charge in [0.25, 0.3) is 0 Å². The predicted molar refractivity (Wildman–Crippen MR) is 65.7 cm³/mol. The molecule has 2 aromatic rings. The summed E-state index contributed by atoms with van der Waals surface area (Å²) in [7, 11) is 0. The highest BCUT2D eigenvalue weighted by Crippen LogP contribution is 2.15. The normalized spacial score (nSPS) is 10.1. The van der Waals surface area contributed by atoms with Crippen molar-refractivity contribution in [1.82, 2.24) is 9.97 Å². The minimum absolute atomic E-state index is 0.551. The molecule has 0 radical (unpaired) electrons. The minimum Gasteiger partial charge on any atom is -0.368 e. The van der Waals surface area contributed by atoms with Gasteiger partial charge in [-0.05, 0) is 12.0 Å². The van der Waals surface area contributed by atoms with Gasteiger partial charge >= 0.3 is 0 Å². The second-order valence-corrected chi connectivity index (χ2v) is 3.79. The molecular formula is C12H12ClN3. The summed E-state index contributed by atoms with van der Waals surface area (Å²) in [6.07, 6.45) is 4.01. The van der Waals surface area contributed by atoms with Crippen LogP contribution in [0.3, 0.4) is 0 Å². The summed E-state index contributed by atoms with van der Waals surface area (Å²) >= 11 is 5.92. The summed E-state index contributed by atoms with van der Waals surface area (Å²) in [6.45, 7) is 0.806. The molecule has 0 spiro atoms. The summed E-state index contributed by atoms with van der Waals surface area (Å²) in [4.78, 5) is 7.88. The van der Waals surface area contributed by atoms with Gasteiger partial charge in [0.15, 0.2) is 0 Å². The smallest absolute Gasteiger partial charge is 0.148 e. The highest BCUT2D eigenvalue weighted by atomic mass is 35.5. The van der Waals surface area contributed by atoms with Crippen molar-refractivity contribution in [3.63, 3.8) is 0 Å². The van der Waals surface area contributed by atoms with Crippen LogP contribution in [0.25, 0.3) is 0 Å². The van der Waals surface area contributed by atoms with Gasteiger partial charge in [0.1, 0.15) is 17.2 Å². The highest BCUT2D eigenvalue weighted by Gasteiger charge is 1.99. The van der Waals surface area contributed by atoms with Gasteiger partial charge in [-0.15, -0.1) is 0 Å². The first-order valence-corrected chi connectivity index (χ1v) is 5.47. The van der Waals surface area contributed by atoms with Gasteiger partial charge in [-0.3, -0.25) is 0 Å². The van der Waals surface area contributed by atoms with Gasteiger partial charge in [-0.25, -0.2) is 9.97 Å². The maximum Gasteiger partial charge on any atom is 0.148 e. The Morgan fingerprint density at radius 1 is 1.19 bits per heavy atom. The van der Waals surface area contributed by atoms with Gasteiger partial charge in [0.2, 0.25) is 0 Å². The quantitative estimate of drug-likeness (QED) is 0.883. The van der Waals surface area contributed by atoms with Gasteiger partial charge < -0.3 is 5.32 Å². The van der Waals surface area contributed by atoms with Crippen molar-refractivity contribution in [2.45, 2.75) is 6.42 Å². The van der Waals surface area contributed by atoms with Gasteiger partial charge in [-0.1, -0.05) is 41.9 Å². The highest BCUT2D eigenvalue weighted by molar-refractivity contribution is 6.32. The van der Waals surface area contributed by atoms with Crippen molar-refractivity contribution >= 4 is 17.4 Å². The van der Waals surface area contributed by atoms with E-state index in [2.05, 4.69) is 27.4 Å². The zero-order valence-electron chi connectivity index (χ0n) is 8.73. The van der Waals surface area contributed by atoms with E-state index < -0.39 is 0 Å². The lowest BCUT2D eigenvalue weighted by Gasteiger charge is -2.06. The Labute approximate surface area is 99.5 Å². The molecule has 0 unspecified atom stereocenters. The molecule has 0 aliphatic heterocycles. The van der Waals surface area contributed by atoms with Crippen molar-refractivity contribution < 1.29 is 0 Å². The Morgan fingerprint density at radius 2 is 2.00 bits per heavy atom. The van der Waals surface area contributed by atoms with E-state index in [0.29, 0.717) is 10.8 Å². The molecule has 0 aliphatic rings. The maximum absolute atomic E-state index is 5.92. The molecule has 0 aliphatic carbocycles. The fourth-order valence-corrected chi connectivity index (χ4v) is 1.58. The van der Waals surface area contributed by atoms with E-state index in [1.807, 2.05) is 18.2 Å². The number of hydrogen-bond acceptors (Lipinski definition) is 3. The summed E-state index contributed by atoms with van der Waals surface area (Å²) < 4.78 is 0. The van der Waals surface area contributed by atoms with E-state index in [-0.39, 0.29) is 0 Å². The maximum atomic E-state index is 5.92. The molecular weight excluding hydrogens is 222 g/mol. The molecule has 1 aromatic heterocycles. The lowest BCUT2D eigenvalue weighted by atomic mass is 10.1. The van der Waals surface area contributed by atoms with Crippen LogP contribution in [0.1, 0.15) is 5.56 Å². The van der Waals surface area contributed by atoms with Crippen LogP contribution in [-0.2, 0) is 6.42 Å². The third kappa shape index (κ3) is 2.94. The molecule has 2 rings (SSSR count). The third-order valence-electron chi connectivity index (χ3n) is 2.22. The third-order valence-corrected chi connectivity index (χ3v) is 2.49. The number of halogens is 1. The number of rotatable bonds is 4. The molecule has 0 saturated carbocycles. The molecule has 82 valence electrons. The van der Waals surface area contributed by atoms with Crippen LogP contribution >= 0.6 is 11.6 Å². The minimum atomic E-state index is 0.551. The average Bonchev–Trinajstić information content (AvgIpc) is 2.33. The first kappa shape index (κ1) is 10.9. The molecule has 0 fully saturated rings. The van der Waals surface area contributed by atoms with Crippen LogP contribution in [0.4, 0.5) is 5.82 Å². The number of benzene rings is 1. The van der Waals surface area contributed by atoms with Crippen LogP contribution in [0.2, 0.25) is 5.02 Å². The molecule has 0 bridgehead atoms. The zero-order valence-corrected chi connectivity index (χ0v) is 9.48. The lowest BCUT2D eigenvalue weighted by molar-refractivity contribution is 0.999. The second kappa shape index (κ2) is 5.47. The molecule has 3 nitrogen and oxygen atoms in total. The van der Waals surface area contributed by atoms with Gasteiger partial charge in [-0.2, -0.15) is 0 Å². The summed E-state index contributed by atoms with van der Waals surface area (Å²) in [5.74, 6) is 0.688. The number of anilines is 1. The van der Waals surface area contributed by atoms with E-state index in [1.54, 1.807) is 6.20 Å². The Hall–Kier alpha value is -1.61. The molecule has 16 heavy (non-hydrogen) atoms. The lowest BCUT2D eigenvalue weighted by Crippen LogP contribution is -2.06. The Bertz CT molecular complexity index is 445. The topological polar surface area (TPSA) is 37.8 Å². The molecule has 4 heteroatoms. The number of aromatic nitrogens is 2. The first-order chi connectivity index (χ1) is 7.86.